The van der Waals surface area contributed by atoms with Gasteiger partial charge in [0.1, 0.15) is 11.6 Å². The fourth-order valence-electron chi connectivity index (χ4n) is 2.03. The van der Waals surface area contributed by atoms with Crippen LogP contribution in [0, 0.1) is 0 Å². The van der Waals surface area contributed by atoms with Crippen molar-refractivity contribution in [2.45, 2.75) is 0 Å². The van der Waals surface area contributed by atoms with Crippen LogP contribution in [0.15, 0.2) is 16.7 Å². The van der Waals surface area contributed by atoms with Crippen LogP contribution in [0.5, 0.6) is 17.2 Å². The number of hydrogen-bond acceptors (Lipinski definition) is 5. The van der Waals surface area contributed by atoms with Gasteiger partial charge < -0.3 is 19.9 Å². The first-order valence-corrected chi connectivity index (χ1v) is 6.60. The van der Waals surface area contributed by atoms with Crippen LogP contribution in [0.25, 0.3) is 11.1 Å². The van der Waals surface area contributed by atoms with Crippen LogP contribution in [0.3, 0.4) is 0 Å². The Balaban J connectivity index is 2.84. The van der Waals surface area contributed by atoms with Crippen molar-refractivity contribution >= 4 is 21.7 Å². The Kier molecular flexibility index (Phi) is 4.08. The van der Waals surface area contributed by atoms with Crippen molar-refractivity contribution in [3.8, 4) is 28.4 Å². The van der Waals surface area contributed by atoms with Gasteiger partial charge in [0.05, 0.1) is 43.1 Å². The number of rotatable bonds is 4. The molecule has 0 fully saturated rings. The Hall–Kier alpha value is -1.89. The second kappa shape index (κ2) is 5.62. The van der Waals surface area contributed by atoms with Crippen molar-refractivity contribution in [1.29, 1.82) is 0 Å². The van der Waals surface area contributed by atoms with Crippen LogP contribution in [-0.2, 0) is 7.05 Å². The predicted molar refractivity (Wildman–Crippen MR) is 80.4 cm³/mol. The topological polar surface area (TPSA) is 71.5 Å². The molecule has 7 heteroatoms. The molecule has 2 rings (SSSR count). The highest BCUT2D eigenvalue weighted by molar-refractivity contribution is 9.10. The van der Waals surface area contributed by atoms with Gasteiger partial charge in [0.15, 0.2) is 11.5 Å². The van der Waals surface area contributed by atoms with Gasteiger partial charge in [0.25, 0.3) is 0 Å². The zero-order valence-corrected chi connectivity index (χ0v) is 13.3. The fraction of sp³-hybridized carbons (Fsp3) is 0.308. The van der Waals surface area contributed by atoms with Crippen LogP contribution >= 0.6 is 15.9 Å². The average Bonchev–Trinajstić information content (AvgIpc) is 2.77. The van der Waals surface area contributed by atoms with Gasteiger partial charge in [-0.05, 0) is 15.9 Å². The summed E-state index contributed by atoms with van der Waals surface area (Å²) in [6.07, 6.45) is 1.67. The number of ether oxygens (including phenoxy) is 3. The SMILES string of the molecule is COc1cc(Br)c(OC)c(-c2cnn(C)c2N)c1OC. The number of nitrogen functional groups attached to an aromatic ring is 1. The van der Waals surface area contributed by atoms with Crippen molar-refractivity contribution < 1.29 is 14.2 Å². The van der Waals surface area contributed by atoms with Crippen molar-refractivity contribution in [3.63, 3.8) is 0 Å². The molecule has 1 aromatic carbocycles. The van der Waals surface area contributed by atoms with E-state index >= 15 is 0 Å². The first-order chi connectivity index (χ1) is 9.54. The minimum Gasteiger partial charge on any atom is -0.495 e. The normalized spacial score (nSPS) is 10.4. The van der Waals surface area contributed by atoms with Crippen LogP contribution in [0.4, 0.5) is 5.82 Å². The first kappa shape index (κ1) is 14.5. The maximum atomic E-state index is 6.06. The molecule has 0 spiro atoms. The van der Waals surface area contributed by atoms with Gasteiger partial charge in [-0.25, -0.2) is 0 Å². The first-order valence-electron chi connectivity index (χ1n) is 5.81. The maximum Gasteiger partial charge on any atom is 0.172 e. The number of hydrogen-bond donors (Lipinski definition) is 1. The molecule has 0 atom stereocenters. The van der Waals surface area contributed by atoms with E-state index < -0.39 is 0 Å². The number of benzene rings is 1. The molecular weight excluding hydrogens is 326 g/mol. The summed E-state index contributed by atoms with van der Waals surface area (Å²) in [5.74, 6) is 2.26. The quantitative estimate of drug-likeness (QED) is 0.924. The van der Waals surface area contributed by atoms with Crippen LogP contribution < -0.4 is 19.9 Å². The van der Waals surface area contributed by atoms with E-state index in [0.29, 0.717) is 28.6 Å². The number of nitrogens with zero attached hydrogens (tertiary/aromatic N) is 2. The highest BCUT2D eigenvalue weighted by atomic mass is 79.9. The molecule has 6 nitrogen and oxygen atoms in total. The number of nitrogens with two attached hydrogens (primary N) is 1. The van der Waals surface area contributed by atoms with E-state index in [1.54, 1.807) is 45.3 Å². The Bertz CT molecular complexity index is 640. The van der Waals surface area contributed by atoms with E-state index in [4.69, 9.17) is 19.9 Å². The van der Waals surface area contributed by atoms with Crippen molar-refractivity contribution in [3.05, 3.63) is 16.7 Å². The monoisotopic (exact) mass is 341 g/mol. The molecule has 0 aliphatic carbocycles. The molecule has 0 amide bonds. The van der Waals surface area contributed by atoms with E-state index in [-0.39, 0.29) is 0 Å². The third-order valence-electron chi connectivity index (χ3n) is 3.03. The number of aryl methyl sites for hydroxylation is 1. The van der Waals surface area contributed by atoms with Crippen molar-refractivity contribution in [1.82, 2.24) is 9.78 Å². The molecule has 2 N–H and O–H groups in total. The minimum absolute atomic E-state index is 0.516. The Morgan fingerprint density at radius 1 is 1.15 bits per heavy atom. The summed E-state index contributed by atoms with van der Waals surface area (Å²) in [5, 5.41) is 4.15. The molecule has 1 heterocycles. The van der Waals surface area contributed by atoms with Crippen molar-refractivity contribution in [2.75, 3.05) is 27.1 Å². The molecule has 0 bridgehead atoms. The van der Waals surface area contributed by atoms with Gasteiger partial charge in [0, 0.05) is 13.1 Å². The minimum atomic E-state index is 0.516. The predicted octanol–water partition coefficient (Wildman–Crippen LogP) is 2.46. The Morgan fingerprint density at radius 2 is 1.80 bits per heavy atom. The lowest BCUT2D eigenvalue weighted by atomic mass is 10.1. The molecule has 0 unspecified atom stereocenters. The van der Waals surface area contributed by atoms with Crippen LogP contribution in [-0.4, -0.2) is 31.1 Å². The summed E-state index contributed by atoms with van der Waals surface area (Å²) in [7, 11) is 6.50. The summed E-state index contributed by atoms with van der Waals surface area (Å²) >= 11 is 3.46. The molecule has 0 aliphatic rings. The van der Waals surface area contributed by atoms with Crippen LogP contribution in [0.2, 0.25) is 0 Å². The average molecular weight is 342 g/mol. The molecule has 1 aromatic heterocycles. The van der Waals surface area contributed by atoms with Gasteiger partial charge in [-0.1, -0.05) is 0 Å². The van der Waals surface area contributed by atoms with Crippen molar-refractivity contribution in [2.24, 2.45) is 7.05 Å². The Morgan fingerprint density at radius 3 is 2.25 bits per heavy atom. The number of anilines is 1. The lowest BCUT2D eigenvalue weighted by Crippen LogP contribution is -2.01. The fourth-order valence-corrected chi connectivity index (χ4v) is 2.60. The van der Waals surface area contributed by atoms with Gasteiger partial charge in [-0.3, -0.25) is 4.68 Å². The zero-order chi connectivity index (χ0) is 14.9. The summed E-state index contributed by atoms with van der Waals surface area (Å²) in [5.41, 5.74) is 7.48. The molecule has 108 valence electrons. The smallest absolute Gasteiger partial charge is 0.172 e. The van der Waals surface area contributed by atoms with E-state index in [9.17, 15) is 0 Å². The van der Waals surface area contributed by atoms with Crippen LogP contribution in [0.1, 0.15) is 0 Å². The standard InChI is InChI=1S/C13H16BrN3O3/c1-17-13(15)7(6-16-17)10-11(19-3)8(14)5-9(18-2)12(10)20-4/h5-6H,15H2,1-4H3. The second-order valence-electron chi connectivity index (χ2n) is 4.07. The van der Waals surface area contributed by atoms with E-state index in [2.05, 4.69) is 21.0 Å². The summed E-state index contributed by atoms with van der Waals surface area (Å²) in [4.78, 5) is 0. The lowest BCUT2D eigenvalue weighted by Gasteiger charge is -2.17. The molecule has 0 saturated carbocycles. The van der Waals surface area contributed by atoms with Gasteiger partial charge in [-0.15, -0.1) is 0 Å². The Labute approximate surface area is 125 Å². The number of aromatic nitrogens is 2. The summed E-state index contributed by atoms with van der Waals surface area (Å²) in [6.45, 7) is 0. The van der Waals surface area contributed by atoms with E-state index in [1.807, 2.05) is 0 Å². The summed E-state index contributed by atoms with van der Waals surface area (Å²) in [6, 6.07) is 1.79. The van der Waals surface area contributed by atoms with Gasteiger partial charge in [0.2, 0.25) is 0 Å². The molecule has 0 aliphatic heterocycles. The highest BCUT2D eigenvalue weighted by Gasteiger charge is 2.24. The molecular formula is C13H16BrN3O3. The van der Waals surface area contributed by atoms with E-state index in [0.717, 1.165) is 10.0 Å². The third kappa shape index (κ3) is 2.18. The molecule has 20 heavy (non-hydrogen) atoms. The van der Waals surface area contributed by atoms with Gasteiger partial charge in [-0.2, -0.15) is 5.10 Å². The zero-order valence-electron chi connectivity index (χ0n) is 11.7. The molecule has 0 saturated heterocycles. The second-order valence-corrected chi connectivity index (χ2v) is 4.92. The van der Waals surface area contributed by atoms with E-state index in [1.165, 1.54) is 0 Å². The third-order valence-corrected chi connectivity index (χ3v) is 3.62. The number of halogens is 1. The highest BCUT2D eigenvalue weighted by Crippen LogP contribution is 2.49. The number of methoxy groups -OCH3 is 3. The molecule has 2 aromatic rings. The lowest BCUT2D eigenvalue weighted by molar-refractivity contribution is 0.350. The summed E-state index contributed by atoms with van der Waals surface area (Å²) < 4.78 is 18.6. The maximum absolute atomic E-state index is 6.06. The molecule has 0 radical (unpaired) electrons. The van der Waals surface area contributed by atoms with Gasteiger partial charge >= 0.3 is 0 Å². The largest absolute Gasteiger partial charge is 0.495 e.